The Morgan fingerprint density at radius 1 is 1.37 bits per heavy atom. The summed E-state index contributed by atoms with van der Waals surface area (Å²) < 4.78 is 5.26. The molecule has 0 spiro atoms. The molecule has 0 fully saturated rings. The summed E-state index contributed by atoms with van der Waals surface area (Å²) >= 11 is 5.83. The van der Waals surface area contributed by atoms with Crippen LogP contribution in [0.1, 0.15) is 49.4 Å². The fourth-order valence-electron chi connectivity index (χ4n) is 1.40. The van der Waals surface area contributed by atoms with Crippen molar-refractivity contribution < 1.29 is 14.0 Å². The summed E-state index contributed by atoms with van der Waals surface area (Å²) in [6.45, 7) is 7.26. The van der Waals surface area contributed by atoms with Crippen LogP contribution in [0.25, 0.3) is 0 Å². The molecule has 1 aromatic rings. The molecule has 6 heteroatoms. The molecule has 0 aromatic carbocycles. The molecule has 0 saturated heterocycles. The van der Waals surface area contributed by atoms with Gasteiger partial charge in [-0.05, 0) is 39.8 Å². The van der Waals surface area contributed by atoms with Crippen LogP contribution in [-0.4, -0.2) is 23.9 Å². The molecule has 0 bridgehead atoms. The number of furan rings is 1. The summed E-state index contributed by atoms with van der Waals surface area (Å²) in [5.74, 6) is -0.0250. The Balaban J connectivity index is 2.49. The molecule has 0 aliphatic heterocycles. The molecule has 0 saturated carbocycles. The highest BCUT2D eigenvalue weighted by molar-refractivity contribution is 6.20. The molecule has 1 aromatic heterocycles. The van der Waals surface area contributed by atoms with Crippen molar-refractivity contribution in [2.45, 2.75) is 38.6 Å². The predicted octanol–water partition coefficient (Wildman–Crippen LogP) is 2.22. The average molecular weight is 287 g/mol. The van der Waals surface area contributed by atoms with Crippen LogP contribution < -0.4 is 10.6 Å². The van der Waals surface area contributed by atoms with Gasteiger partial charge in [0, 0.05) is 5.54 Å². The maximum Gasteiger partial charge on any atom is 0.287 e. The van der Waals surface area contributed by atoms with E-state index in [0.29, 0.717) is 5.76 Å². The molecule has 0 radical (unpaired) electrons. The van der Waals surface area contributed by atoms with Crippen molar-refractivity contribution in [2.75, 3.05) is 6.54 Å². The van der Waals surface area contributed by atoms with Crippen LogP contribution in [0.4, 0.5) is 0 Å². The maximum absolute atomic E-state index is 11.7. The second-order valence-corrected chi connectivity index (χ2v) is 5.95. The third-order valence-electron chi connectivity index (χ3n) is 2.17. The van der Waals surface area contributed by atoms with E-state index in [1.165, 1.54) is 6.07 Å². The third-order valence-corrected chi connectivity index (χ3v) is 2.38. The van der Waals surface area contributed by atoms with Gasteiger partial charge in [0.2, 0.25) is 5.91 Å². The Morgan fingerprint density at radius 2 is 2.00 bits per heavy atom. The quantitative estimate of drug-likeness (QED) is 0.834. The monoisotopic (exact) mass is 286 g/mol. The van der Waals surface area contributed by atoms with E-state index in [1.54, 1.807) is 13.0 Å². The van der Waals surface area contributed by atoms with Crippen molar-refractivity contribution in [3.05, 3.63) is 23.7 Å². The fraction of sp³-hybridized carbons (Fsp3) is 0.538. The summed E-state index contributed by atoms with van der Waals surface area (Å²) in [6.07, 6.45) is 0. The van der Waals surface area contributed by atoms with Gasteiger partial charge in [-0.25, -0.2) is 0 Å². The Bertz CT molecular complexity index is 461. The number of alkyl halides is 1. The molecule has 5 nitrogen and oxygen atoms in total. The zero-order valence-corrected chi connectivity index (χ0v) is 12.3. The molecule has 1 unspecified atom stereocenters. The number of carbonyl (C=O) groups is 2. The van der Waals surface area contributed by atoms with Gasteiger partial charge in [-0.3, -0.25) is 9.59 Å². The standard InChI is InChI=1S/C13H19ClN2O3/c1-8(14)9-5-6-10(19-9)12(18)15-7-11(17)16-13(2,3)4/h5-6,8H,7H2,1-4H3,(H,15,18)(H,16,17). The minimum atomic E-state index is -0.437. The van der Waals surface area contributed by atoms with Gasteiger partial charge in [0.25, 0.3) is 5.91 Å². The zero-order valence-electron chi connectivity index (χ0n) is 11.5. The molecule has 0 aliphatic rings. The Morgan fingerprint density at radius 3 is 2.47 bits per heavy atom. The third kappa shape index (κ3) is 5.34. The summed E-state index contributed by atoms with van der Waals surface area (Å²) in [7, 11) is 0. The van der Waals surface area contributed by atoms with Crippen molar-refractivity contribution in [1.82, 2.24) is 10.6 Å². The molecular formula is C13H19ClN2O3. The van der Waals surface area contributed by atoms with Gasteiger partial charge >= 0.3 is 0 Å². The minimum Gasteiger partial charge on any atom is -0.454 e. The zero-order chi connectivity index (χ0) is 14.6. The normalized spacial score (nSPS) is 12.9. The Hall–Kier alpha value is -1.49. The molecule has 1 rings (SSSR count). The van der Waals surface area contributed by atoms with Crippen molar-refractivity contribution in [1.29, 1.82) is 0 Å². The van der Waals surface area contributed by atoms with E-state index in [-0.39, 0.29) is 29.1 Å². The first-order chi connectivity index (χ1) is 8.69. The minimum absolute atomic E-state index is 0.0947. The maximum atomic E-state index is 11.7. The van der Waals surface area contributed by atoms with Crippen LogP contribution in [-0.2, 0) is 4.79 Å². The molecule has 2 amide bonds. The number of halogens is 1. The fourth-order valence-corrected chi connectivity index (χ4v) is 1.52. The van der Waals surface area contributed by atoms with E-state index >= 15 is 0 Å². The average Bonchev–Trinajstić information content (AvgIpc) is 2.72. The van der Waals surface area contributed by atoms with Crippen LogP contribution in [0.15, 0.2) is 16.5 Å². The van der Waals surface area contributed by atoms with E-state index in [1.807, 2.05) is 20.8 Å². The Labute approximate surface area is 117 Å². The summed E-state index contributed by atoms with van der Waals surface area (Å²) in [5.41, 5.74) is -0.326. The van der Waals surface area contributed by atoms with Crippen LogP contribution in [0, 0.1) is 0 Å². The van der Waals surface area contributed by atoms with Crippen molar-refractivity contribution >= 4 is 23.4 Å². The summed E-state index contributed by atoms with van der Waals surface area (Å²) in [5, 5.41) is 4.93. The number of hydrogen-bond donors (Lipinski definition) is 2. The second-order valence-electron chi connectivity index (χ2n) is 5.30. The van der Waals surface area contributed by atoms with E-state index in [9.17, 15) is 9.59 Å². The molecule has 0 aliphatic carbocycles. The lowest BCUT2D eigenvalue weighted by Crippen LogP contribution is -2.45. The van der Waals surface area contributed by atoms with Crippen molar-refractivity contribution in [3.8, 4) is 0 Å². The van der Waals surface area contributed by atoms with Gasteiger partial charge in [0.05, 0.1) is 11.9 Å². The molecule has 1 atom stereocenters. The van der Waals surface area contributed by atoms with E-state index < -0.39 is 5.91 Å². The van der Waals surface area contributed by atoms with Crippen LogP contribution in [0.3, 0.4) is 0 Å². The smallest absolute Gasteiger partial charge is 0.287 e. The lowest BCUT2D eigenvalue weighted by molar-refractivity contribution is -0.121. The van der Waals surface area contributed by atoms with Gasteiger partial charge in [0.15, 0.2) is 5.76 Å². The highest BCUT2D eigenvalue weighted by Crippen LogP contribution is 2.21. The number of nitrogens with one attached hydrogen (secondary N) is 2. The summed E-state index contributed by atoms with van der Waals surface area (Å²) in [6, 6.07) is 3.17. The van der Waals surface area contributed by atoms with Crippen LogP contribution >= 0.6 is 11.6 Å². The van der Waals surface area contributed by atoms with Gasteiger partial charge in [-0.1, -0.05) is 0 Å². The molecule has 2 N–H and O–H groups in total. The van der Waals surface area contributed by atoms with Crippen molar-refractivity contribution in [2.24, 2.45) is 0 Å². The lowest BCUT2D eigenvalue weighted by Gasteiger charge is -2.20. The van der Waals surface area contributed by atoms with Gasteiger partial charge in [-0.2, -0.15) is 0 Å². The first-order valence-corrected chi connectivity index (χ1v) is 6.45. The van der Waals surface area contributed by atoms with Gasteiger partial charge in [-0.15, -0.1) is 11.6 Å². The SMILES string of the molecule is CC(Cl)c1ccc(C(=O)NCC(=O)NC(C)(C)C)o1. The highest BCUT2D eigenvalue weighted by Gasteiger charge is 2.17. The summed E-state index contributed by atoms with van der Waals surface area (Å²) in [4.78, 5) is 23.3. The van der Waals surface area contributed by atoms with Gasteiger partial charge < -0.3 is 15.1 Å². The first kappa shape index (κ1) is 15.6. The number of rotatable bonds is 4. The lowest BCUT2D eigenvalue weighted by atomic mass is 10.1. The molecule has 19 heavy (non-hydrogen) atoms. The largest absolute Gasteiger partial charge is 0.454 e. The van der Waals surface area contributed by atoms with E-state index in [4.69, 9.17) is 16.0 Å². The Kier molecular flexibility index (Phi) is 5.00. The number of carbonyl (C=O) groups excluding carboxylic acids is 2. The predicted molar refractivity (Wildman–Crippen MR) is 73.2 cm³/mol. The first-order valence-electron chi connectivity index (χ1n) is 6.02. The number of amides is 2. The number of hydrogen-bond acceptors (Lipinski definition) is 3. The van der Waals surface area contributed by atoms with E-state index in [2.05, 4.69) is 10.6 Å². The second kappa shape index (κ2) is 6.10. The van der Waals surface area contributed by atoms with Crippen molar-refractivity contribution in [3.63, 3.8) is 0 Å². The highest BCUT2D eigenvalue weighted by atomic mass is 35.5. The van der Waals surface area contributed by atoms with Gasteiger partial charge in [0.1, 0.15) is 5.76 Å². The van der Waals surface area contributed by atoms with E-state index in [0.717, 1.165) is 0 Å². The molecule has 1 heterocycles. The van der Waals surface area contributed by atoms with Crippen LogP contribution in [0.5, 0.6) is 0 Å². The van der Waals surface area contributed by atoms with Crippen LogP contribution in [0.2, 0.25) is 0 Å². The molecular weight excluding hydrogens is 268 g/mol. The molecule has 106 valence electrons. The topological polar surface area (TPSA) is 71.3 Å².